The molecule has 1 aromatic rings. The van der Waals surface area contributed by atoms with Crippen LogP contribution in [0.1, 0.15) is 18.0 Å². The van der Waals surface area contributed by atoms with Gasteiger partial charge in [-0.05, 0) is 19.0 Å². The molecular weight excluding hydrogens is 230 g/mol. The van der Waals surface area contributed by atoms with Gasteiger partial charge >= 0.3 is 6.03 Å². The van der Waals surface area contributed by atoms with E-state index in [0.29, 0.717) is 19.6 Å². The summed E-state index contributed by atoms with van der Waals surface area (Å²) < 4.78 is 5.36. The van der Waals surface area contributed by atoms with E-state index in [1.54, 1.807) is 7.11 Å². The Hall–Kier alpha value is -1.75. The van der Waals surface area contributed by atoms with Crippen LogP contribution >= 0.6 is 0 Å². The standard InChI is InChI=1S/C13H19N3O2/c1-18-12-6-3-2-5-10(12)11-9-15-13(17)16(11)8-4-7-14/h2-3,5-6,11H,4,7-9,14H2,1H3,(H,15,17). The van der Waals surface area contributed by atoms with Gasteiger partial charge in [0.25, 0.3) is 0 Å². The number of carbonyl (C=O) groups is 1. The van der Waals surface area contributed by atoms with Gasteiger partial charge in [-0.1, -0.05) is 18.2 Å². The first-order valence-corrected chi connectivity index (χ1v) is 6.15. The topological polar surface area (TPSA) is 67.6 Å². The Balaban J connectivity index is 2.22. The van der Waals surface area contributed by atoms with Crippen molar-refractivity contribution < 1.29 is 9.53 Å². The Labute approximate surface area is 107 Å². The lowest BCUT2D eigenvalue weighted by Gasteiger charge is -2.24. The second-order valence-corrected chi connectivity index (χ2v) is 4.28. The molecule has 1 saturated heterocycles. The highest BCUT2D eigenvalue weighted by molar-refractivity contribution is 5.77. The first kappa shape index (κ1) is 12.7. The van der Waals surface area contributed by atoms with Crippen LogP contribution in [0.5, 0.6) is 5.75 Å². The molecule has 1 aromatic carbocycles. The molecule has 1 aliphatic heterocycles. The minimum absolute atomic E-state index is 0.0280. The van der Waals surface area contributed by atoms with Crippen LogP contribution in [0, 0.1) is 0 Å². The average molecular weight is 249 g/mol. The van der Waals surface area contributed by atoms with Gasteiger partial charge < -0.3 is 20.7 Å². The van der Waals surface area contributed by atoms with E-state index in [-0.39, 0.29) is 12.1 Å². The Bertz CT molecular complexity index is 422. The summed E-state index contributed by atoms with van der Waals surface area (Å²) in [5.41, 5.74) is 6.55. The SMILES string of the molecule is COc1ccccc1C1CNC(=O)N1CCCN. The van der Waals surface area contributed by atoms with Gasteiger partial charge in [-0.15, -0.1) is 0 Å². The molecule has 2 rings (SSSR count). The molecule has 0 spiro atoms. The van der Waals surface area contributed by atoms with Gasteiger partial charge in [0.05, 0.1) is 13.2 Å². The van der Waals surface area contributed by atoms with Crippen LogP contribution in [0.4, 0.5) is 4.79 Å². The fourth-order valence-electron chi connectivity index (χ4n) is 2.28. The maximum absolute atomic E-state index is 11.8. The van der Waals surface area contributed by atoms with E-state index in [2.05, 4.69) is 5.32 Å². The number of ether oxygens (including phenoxy) is 1. The summed E-state index contributed by atoms with van der Waals surface area (Å²) >= 11 is 0. The number of nitrogens with one attached hydrogen (secondary N) is 1. The number of para-hydroxylation sites is 1. The third-order valence-corrected chi connectivity index (χ3v) is 3.18. The number of hydrogen-bond acceptors (Lipinski definition) is 3. The predicted octanol–water partition coefficient (Wildman–Crippen LogP) is 1.11. The maximum Gasteiger partial charge on any atom is 0.318 e. The van der Waals surface area contributed by atoms with Crippen LogP contribution in [0.3, 0.4) is 0 Å². The van der Waals surface area contributed by atoms with Crippen molar-refractivity contribution in [2.24, 2.45) is 5.73 Å². The molecule has 18 heavy (non-hydrogen) atoms. The van der Waals surface area contributed by atoms with Crippen LogP contribution in [-0.4, -0.2) is 37.7 Å². The summed E-state index contributed by atoms with van der Waals surface area (Å²) in [7, 11) is 1.65. The van der Waals surface area contributed by atoms with Crippen LogP contribution in [-0.2, 0) is 0 Å². The lowest BCUT2D eigenvalue weighted by Crippen LogP contribution is -2.32. The van der Waals surface area contributed by atoms with Crippen molar-refractivity contribution in [2.75, 3.05) is 26.7 Å². The quantitative estimate of drug-likeness (QED) is 0.821. The lowest BCUT2D eigenvalue weighted by molar-refractivity contribution is 0.203. The third kappa shape index (κ3) is 2.41. The number of nitrogens with two attached hydrogens (primary N) is 1. The molecule has 0 bridgehead atoms. The second kappa shape index (κ2) is 5.73. The van der Waals surface area contributed by atoms with Crippen molar-refractivity contribution in [3.05, 3.63) is 29.8 Å². The predicted molar refractivity (Wildman–Crippen MR) is 69.5 cm³/mol. The smallest absolute Gasteiger partial charge is 0.318 e. The summed E-state index contributed by atoms with van der Waals surface area (Å²) in [5.74, 6) is 0.816. The van der Waals surface area contributed by atoms with Crippen LogP contribution < -0.4 is 15.8 Å². The van der Waals surface area contributed by atoms with Gasteiger partial charge in [-0.2, -0.15) is 0 Å². The van der Waals surface area contributed by atoms with Gasteiger partial charge in [0.2, 0.25) is 0 Å². The number of carbonyl (C=O) groups excluding carboxylic acids is 1. The Morgan fingerprint density at radius 2 is 2.28 bits per heavy atom. The minimum Gasteiger partial charge on any atom is -0.496 e. The Kier molecular flexibility index (Phi) is 4.04. The van der Waals surface area contributed by atoms with Crippen LogP contribution in [0.15, 0.2) is 24.3 Å². The number of amides is 2. The van der Waals surface area contributed by atoms with E-state index in [9.17, 15) is 4.79 Å². The highest BCUT2D eigenvalue weighted by Gasteiger charge is 2.32. The molecule has 1 atom stereocenters. The summed E-state index contributed by atoms with van der Waals surface area (Å²) in [6, 6.07) is 7.80. The van der Waals surface area contributed by atoms with E-state index < -0.39 is 0 Å². The first-order chi connectivity index (χ1) is 8.77. The molecule has 98 valence electrons. The van der Waals surface area contributed by atoms with Crippen molar-refractivity contribution in [1.29, 1.82) is 0 Å². The largest absolute Gasteiger partial charge is 0.496 e. The van der Waals surface area contributed by atoms with Crippen molar-refractivity contribution in [1.82, 2.24) is 10.2 Å². The number of hydrogen-bond donors (Lipinski definition) is 2. The molecule has 1 aliphatic rings. The fraction of sp³-hybridized carbons (Fsp3) is 0.462. The molecular formula is C13H19N3O2. The summed E-state index contributed by atoms with van der Waals surface area (Å²) in [6.07, 6.45) is 0.805. The fourth-order valence-corrected chi connectivity index (χ4v) is 2.28. The highest BCUT2D eigenvalue weighted by Crippen LogP contribution is 2.31. The molecule has 0 radical (unpaired) electrons. The number of urea groups is 1. The maximum atomic E-state index is 11.8. The normalized spacial score (nSPS) is 18.9. The van der Waals surface area contributed by atoms with Crippen molar-refractivity contribution in [3.8, 4) is 5.75 Å². The molecule has 1 unspecified atom stereocenters. The van der Waals surface area contributed by atoms with Crippen LogP contribution in [0.2, 0.25) is 0 Å². The molecule has 3 N–H and O–H groups in total. The highest BCUT2D eigenvalue weighted by atomic mass is 16.5. The van der Waals surface area contributed by atoms with E-state index in [1.807, 2.05) is 29.2 Å². The van der Waals surface area contributed by atoms with Crippen molar-refractivity contribution in [3.63, 3.8) is 0 Å². The number of methoxy groups -OCH3 is 1. The number of rotatable bonds is 5. The lowest BCUT2D eigenvalue weighted by atomic mass is 10.1. The van der Waals surface area contributed by atoms with E-state index >= 15 is 0 Å². The van der Waals surface area contributed by atoms with Crippen molar-refractivity contribution >= 4 is 6.03 Å². The van der Waals surface area contributed by atoms with E-state index in [4.69, 9.17) is 10.5 Å². The van der Waals surface area contributed by atoms with E-state index in [1.165, 1.54) is 0 Å². The Morgan fingerprint density at radius 1 is 1.50 bits per heavy atom. The minimum atomic E-state index is -0.0284. The number of nitrogens with zero attached hydrogens (tertiary/aromatic N) is 1. The van der Waals surface area contributed by atoms with Gasteiger partial charge in [-0.25, -0.2) is 4.79 Å². The first-order valence-electron chi connectivity index (χ1n) is 6.15. The van der Waals surface area contributed by atoms with E-state index in [0.717, 1.165) is 17.7 Å². The van der Waals surface area contributed by atoms with Gasteiger partial charge in [0.1, 0.15) is 5.75 Å². The zero-order chi connectivity index (χ0) is 13.0. The zero-order valence-electron chi connectivity index (χ0n) is 10.6. The summed E-state index contributed by atoms with van der Waals surface area (Å²) in [6.45, 7) is 1.87. The zero-order valence-corrected chi connectivity index (χ0v) is 10.6. The summed E-state index contributed by atoms with van der Waals surface area (Å²) in [5, 5.41) is 2.87. The monoisotopic (exact) mass is 249 g/mol. The molecule has 1 fully saturated rings. The van der Waals surface area contributed by atoms with Crippen LogP contribution in [0.25, 0.3) is 0 Å². The molecule has 0 saturated carbocycles. The number of benzene rings is 1. The molecule has 5 nitrogen and oxygen atoms in total. The van der Waals surface area contributed by atoms with Gasteiger partial charge in [0.15, 0.2) is 0 Å². The van der Waals surface area contributed by atoms with Gasteiger partial charge in [-0.3, -0.25) is 0 Å². The molecule has 1 heterocycles. The molecule has 0 aliphatic carbocycles. The molecule has 0 aromatic heterocycles. The Morgan fingerprint density at radius 3 is 3.00 bits per heavy atom. The molecule has 5 heteroatoms. The third-order valence-electron chi connectivity index (χ3n) is 3.18. The van der Waals surface area contributed by atoms with Gasteiger partial charge in [0, 0.05) is 18.7 Å². The van der Waals surface area contributed by atoms with Crippen molar-refractivity contribution in [2.45, 2.75) is 12.5 Å². The average Bonchev–Trinajstić information content (AvgIpc) is 2.77. The second-order valence-electron chi connectivity index (χ2n) is 4.28. The molecule has 2 amide bonds. The summed E-state index contributed by atoms with van der Waals surface area (Å²) in [4.78, 5) is 13.6.